The summed E-state index contributed by atoms with van der Waals surface area (Å²) >= 11 is 1.47. The van der Waals surface area contributed by atoms with Gasteiger partial charge in [0.25, 0.3) is 0 Å². The minimum absolute atomic E-state index is 0.0691. The number of hydrogen-bond acceptors (Lipinski definition) is 5. The molecule has 1 amide bonds. The van der Waals surface area contributed by atoms with Gasteiger partial charge in [-0.05, 0) is 0 Å². The average Bonchev–Trinajstić information content (AvgIpc) is 2.97. The number of methoxy groups -OCH3 is 1. The highest BCUT2D eigenvalue weighted by Crippen LogP contribution is 2.23. The van der Waals surface area contributed by atoms with Crippen LogP contribution in [0.2, 0.25) is 0 Å². The van der Waals surface area contributed by atoms with Gasteiger partial charge in [-0.1, -0.05) is 30.3 Å². The van der Waals surface area contributed by atoms with Gasteiger partial charge in [-0.25, -0.2) is 9.78 Å². The van der Waals surface area contributed by atoms with Crippen molar-refractivity contribution in [3.05, 3.63) is 41.4 Å². The first kappa shape index (κ1) is 16.1. The second kappa shape index (κ2) is 7.67. The second-order valence-electron chi connectivity index (χ2n) is 4.55. The van der Waals surface area contributed by atoms with Crippen LogP contribution in [0.25, 0.3) is 10.6 Å². The van der Waals surface area contributed by atoms with Crippen LogP contribution in [0.4, 0.5) is 0 Å². The Morgan fingerprint density at radius 2 is 2.09 bits per heavy atom. The summed E-state index contributed by atoms with van der Waals surface area (Å²) in [6, 6.07) is 9.71. The monoisotopic (exact) mass is 320 g/mol. The van der Waals surface area contributed by atoms with Gasteiger partial charge in [0.15, 0.2) is 6.10 Å². The van der Waals surface area contributed by atoms with Crippen LogP contribution in [0.15, 0.2) is 35.7 Å². The predicted octanol–water partition coefficient (Wildman–Crippen LogP) is 1.57. The maximum absolute atomic E-state index is 11.8. The lowest BCUT2D eigenvalue weighted by Crippen LogP contribution is -2.38. The van der Waals surface area contributed by atoms with Crippen LogP contribution < -0.4 is 5.32 Å². The van der Waals surface area contributed by atoms with Crippen LogP contribution in [0, 0.1) is 0 Å². The Hall–Kier alpha value is -2.25. The van der Waals surface area contributed by atoms with Crippen LogP contribution >= 0.6 is 11.3 Å². The molecule has 116 valence electrons. The summed E-state index contributed by atoms with van der Waals surface area (Å²) in [6.45, 7) is -0.0691. The molecule has 0 spiro atoms. The first-order chi connectivity index (χ1) is 10.6. The molecule has 0 bridgehead atoms. The zero-order valence-electron chi connectivity index (χ0n) is 12.0. The van der Waals surface area contributed by atoms with Crippen LogP contribution in [0.1, 0.15) is 5.69 Å². The van der Waals surface area contributed by atoms with Gasteiger partial charge >= 0.3 is 5.97 Å². The van der Waals surface area contributed by atoms with Gasteiger partial charge in [0.05, 0.1) is 18.7 Å². The van der Waals surface area contributed by atoms with Crippen LogP contribution in [0.5, 0.6) is 0 Å². The Labute approximate surface area is 131 Å². The summed E-state index contributed by atoms with van der Waals surface area (Å²) < 4.78 is 4.75. The molecule has 2 aromatic rings. The van der Waals surface area contributed by atoms with E-state index in [1.54, 1.807) is 0 Å². The normalized spacial score (nSPS) is 11.9. The van der Waals surface area contributed by atoms with E-state index in [9.17, 15) is 9.59 Å². The number of carboxylic acids is 1. The summed E-state index contributed by atoms with van der Waals surface area (Å²) in [5.41, 5.74) is 1.66. The molecule has 1 atom stereocenters. The molecule has 7 heteroatoms. The van der Waals surface area contributed by atoms with E-state index in [0.717, 1.165) is 10.6 Å². The van der Waals surface area contributed by atoms with Crippen molar-refractivity contribution in [1.82, 2.24) is 10.3 Å². The van der Waals surface area contributed by atoms with Crippen molar-refractivity contribution in [1.29, 1.82) is 0 Å². The van der Waals surface area contributed by atoms with Gasteiger partial charge < -0.3 is 15.2 Å². The topological polar surface area (TPSA) is 88.5 Å². The number of ether oxygens (including phenoxy) is 1. The number of aliphatic carboxylic acids is 1. The minimum atomic E-state index is -1.11. The van der Waals surface area contributed by atoms with Gasteiger partial charge in [0.1, 0.15) is 5.01 Å². The molecule has 22 heavy (non-hydrogen) atoms. The zero-order chi connectivity index (χ0) is 15.9. The Balaban J connectivity index is 1.90. The van der Waals surface area contributed by atoms with Crippen molar-refractivity contribution in [2.75, 3.05) is 13.7 Å². The highest BCUT2D eigenvalue weighted by Gasteiger charge is 2.17. The van der Waals surface area contributed by atoms with E-state index in [1.165, 1.54) is 18.4 Å². The standard InChI is InChI=1S/C15H16N2O4S/c1-21-12(15(19)20)8-16-13(18)7-11-9-22-14(17-11)10-5-3-2-4-6-10/h2-6,9,12H,7-8H2,1H3,(H,16,18)(H,19,20). The average molecular weight is 320 g/mol. The number of hydrogen-bond donors (Lipinski definition) is 2. The highest BCUT2D eigenvalue weighted by atomic mass is 32.1. The lowest BCUT2D eigenvalue weighted by Gasteiger charge is -2.10. The smallest absolute Gasteiger partial charge is 0.334 e. The number of carbonyl (C=O) groups is 2. The first-order valence-corrected chi connectivity index (χ1v) is 7.50. The number of carbonyl (C=O) groups excluding carboxylic acids is 1. The number of amides is 1. The number of nitrogens with one attached hydrogen (secondary N) is 1. The lowest BCUT2D eigenvalue weighted by molar-refractivity contribution is -0.148. The third-order valence-electron chi connectivity index (χ3n) is 2.96. The van der Waals surface area contributed by atoms with E-state index in [4.69, 9.17) is 9.84 Å². The number of thiazole rings is 1. The van der Waals surface area contributed by atoms with E-state index in [-0.39, 0.29) is 18.9 Å². The number of carboxylic acid groups (broad SMARTS) is 1. The van der Waals surface area contributed by atoms with E-state index < -0.39 is 12.1 Å². The Bertz CT molecular complexity index is 642. The van der Waals surface area contributed by atoms with Crippen molar-refractivity contribution in [3.8, 4) is 10.6 Å². The fraction of sp³-hybridized carbons (Fsp3) is 0.267. The molecular formula is C15H16N2O4S. The maximum atomic E-state index is 11.8. The minimum Gasteiger partial charge on any atom is -0.479 e. The maximum Gasteiger partial charge on any atom is 0.334 e. The van der Waals surface area contributed by atoms with Crippen LogP contribution in [-0.2, 0) is 20.7 Å². The molecule has 1 unspecified atom stereocenters. The molecule has 2 rings (SSSR count). The van der Waals surface area contributed by atoms with Gasteiger partial charge in [-0.3, -0.25) is 4.79 Å². The van der Waals surface area contributed by atoms with E-state index >= 15 is 0 Å². The molecular weight excluding hydrogens is 304 g/mol. The molecule has 1 heterocycles. The predicted molar refractivity (Wildman–Crippen MR) is 82.7 cm³/mol. The molecule has 0 saturated carbocycles. The molecule has 2 N–H and O–H groups in total. The fourth-order valence-electron chi connectivity index (χ4n) is 1.81. The molecule has 0 saturated heterocycles. The van der Waals surface area contributed by atoms with Crippen molar-refractivity contribution >= 4 is 23.2 Å². The van der Waals surface area contributed by atoms with E-state index in [2.05, 4.69) is 10.3 Å². The van der Waals surface area contributed by atoms with Gasteiger partial charge in [0, 0.05) is 18.1 Å². The quantitative estimate of drug-likeness (QED) is 0.808. The Morgan fingerprint density at radius 3 is 2.73 bits per heavy atom. The third-order valence-corrected chi connectivity index (χ3v) is 3.90. The molecule has 1 aromatic carbocycles. The second-order valence-corrected chi connectivity index (χ2v) is 5.41. The van der Waals surface area contributed by atoms with Gasteiger partial charge in [-0.15, -0.1) is 11.3 Å². The van der Waals surface area contributed by atoms with Crippen LogP contribution in [-0.4, -0.2) is 41.7 Å². The van der Waals surface area contributed by atoms with E-state index in [1.807, 2.05) is 35.7 Å². The molecule has 0 aliphatic rings. The Morgan fingerprint density at radius 1 is 1.36 bits per heavy atom. The largest absolute Gasteiger partial charge is 0.479 e. The fourth-order valence-corrected chi connectivity index (χ4v) is 2.63. The van der Waals surface area contributed by atoms with Crippen LogP contribution in [0.3, 0.4) is 0 Å². The molecule has 1 aromatic heterocycles. The molecule has 6 nitrogen and oxygen atoms in total. The summed E-state index contributed by atoms with van der Waals surface area (Å²) in [6.07, 6.45) is -0.932. The molecule has 0 radical (unpaired) electrons. The number of nitrogens with zero attached hydrogens (tertiary/aromatic N) is 1. The summed E-state index contributed by atoms with van der Waals surface area (Å²) in [5, 5.41) is 14.0. The van der Waals surface area contributed by atoms with Gasteiger partial charge in [-0.2, -0.15) is 0 Å². The zero-order valence-corrected chi connectivity index (χ0v) is 12.8. The highest BCUT2D eigenvalue weighted by molar-refractivity contribution is 7.13. The molecule has 0 aliphatic carbocycles. The number of rotatable bonds is 7. The van der Waals surface area contributed by atoms with Crippen molar-refractivity contribution < 1.29 is 19.4 Å². The van der Waals surface area contributed by atoms with Crippen molar-refractivity contribution in [2.45, 2.75) is 12.5 Å². The first-order valence-electron chi connectivity index (χ1n) is 6.62. The number of benzene rings is 1. The Kier molecular flexibility index (Phi) is 5.62. The molecule has 0 fully saturated rings. The van der Waals surface area contributed by atoms with Gasteiger partial charge in [0.2, 0.25) is 5.91 Å². The number of aromatic nitrogens is 1. The lowest BCUT2D eigenvalue weighted by atomic mass is 10.2. The van der Waals surface area contributed by atoms with Crippen molar-refractivity contribution in [2.24, 2.45) is 0 Å². The third kappa shape index (κ3) is 4.37. The summed E-state index contributed by atoms with van der Waals surface area (Å²) in [7, 11) is 1.29. The summed E-state index contributed by atoms with van der Waals surface area (Å²) in [4.78, 5) is 27.0. The van der Waals surface area contributed by atoms with Crippen molar-refractivity contribution in [3.63, 3.8) is 0 Å². The SMILES string of the molecule is COC(CNC(=O)Cc1csc(-c2ccccc2)n1)C(=O)O. The summed E-state index contributed by atoms with van der Waals surface area (Å²) in [5.74, 6) is -1.39. The molecule has 0 aliphatic heterocycles. The van der Waals surface area contributed by atoms with E-state index in [0.29, 0.717) is 5.69 Å².